The predicted molar refractivity (Wildman–Crippen MR) is 90.6 cm³/mol. The van der Waals surface area contributed by atoms with Crippen molar-refractivity contribution in [2.45, 2.75) is 64.8 Å². The SMILES string of the molecule is CC(C)NC(=O)[C@@H]1C[C@@H](NCc2cccc(F)c2)CN1C(C)C. The van der Waals surface area contributed by atoms with Crippen molar-refractivity contribution >= 4 is 5.91 Å². The number of nitrogens with one attached hydrogen (secondary N) is 2. The average Bonchev–Trinajstić information content (AvgIpc) is 2.89. The summed E-state index contributed by atoms with van der Waals surface area (Å²) in [7, 11) is 0. The van der Waals surface area contributed by atoms with Crippen molar-refractivity contribution in [1.82, 2.24) is 15.5 Å². The lowest BCUT2D eigenvalue weighted by Gasteiger charge is -2.27. The first kappa shape index (κ1) is 17.9. The first-order valence-electron chi connectivity index (χ1n) is 8.40. The van der Waals surface area contributed by atoms with E-state index in [1.54, 1.807) is 12.1 Å². The highest BCUT2D eigenvalue weighted by Gasteiger charge is 2.37. The maximum Gasteiger partial charge on any atom is 0.237 e. The molecule has 0 radical (unpaired) electrons. The van der Waals surface area contributed by atoms with Crippen molar-refractivity contribution in [3.05, 3.63) is 35.6 Å². The first-order chi connectivity index (χ1) is 10.9. The van der Waals surface area contributed by atoms with Crippen LogP contribution in [0.2, 0.25) is 0 Å². The van der Waals surface area contributed by atoms with Gasteiger partial charge in [0.15, 0.2) is 0 Å². The monoisotopic (exact) mass is 321 g/mol. The minimum Gasteiger partial charge on any atom is -0.353 e. The molecule has 1 aromatic rings. The molecule has 1 heterocycles. The van der Waals surface area contributed by atoms with E-state index >= 15 is 0 Å². The third-order valence-electron chi connectivity index (χ3n) is 4.22. The predicted octanol–water partition coefficient (Wildman–Crippen LogP) is 2.29. The molecule has 2 atom stereocenters. The third-order valence-corrected chi connectivity index (χ3v) is 4.22. The van der Waals surface area contributed by atoms with Gasteiger partial charge in [-0.3, -0.25) is 9.69 Å². The Labute approximate surface area is 138 Å². The summed E-state index contributed by atoms with van der Waals surface area (Å²) in [6, 6.07) is 7.24. The molecular formula is C18H28FN3O. The minimum absolute atomic E-state index is 0.0950. The van der Waals surface area contributed by atoms with Crippen LogP contribution >= 0.6 is 0 Å². The molecule has 1 aromatic carbocycles. The highest BCUT2D eigenvalue weighted by molar-refractivity contribution is 5.82. The van der Waals surface area contributed by atoms with Crippen molar-refractivity contribution in [3.63, 3.8) is 0 Å². The van der Waals surface area contributed by atoms with Gasteiger partial charge >= 0.3 is 0 Å². The van der Waals surface area contributed by atoms with Crippen molar-refractivity contribution in [3.8, 4) is 0 Å². The molecule has 0 unspecified atom stereocenters. The number of likely N-dealkylation sites (tertiary alicyclic amines) is 1. The molecule has 4 nitrogen and oxygen atoms in total. The zero-order chi connectivity index (χ0) is 17.0. The molecule has 23 heavy (non-hydrogen) atoms. The number of hydrogen-bond acceptors (Lipinski definition) is 3. The molecule has 1 aliphatic rings. The van der Waals surface area contributed by atoms with E-state index < -0.39 is 0 Å². The summed E-state index contributed by atoms with van der Waals surface area (Å²) >= 11 is 0. The fraction of sp³-hybridized carbons (Fsp3) is 0.611. The van der Waals surface area contributed by atoms with E-state index in [2.05, 4.69) is 29.4 Å². The molecule has 0 aromatic heterocycles. The maximum atomic E-state index is 13.2. The summed E-state index contributed by atoms with van der Waals surface area (Å²) in [5, 5.41) is 6.47. The van der Waals surface area contributed by atoms with Crippen LogP contribution in [0.4, 0.5) is 4.39 Å². The molecule has 1 fully saturated rings. The lowest BCUT2D eigenvalue weighted by molar-refractivity contribution is -0.126. The van der Waals surface area contributed by atoms with Crippen molar-refractivity contribution in [2.24, 2.45) is 0 Å². The van der Waals surface area contributed by atoms with Crippen molar-refractivity contribution in [1.29, 1.82) is 0 Å². The Hall–Kier alpha value is -1.46. The van der Waals surface area contributed by atoms with Crippen LogP contribution in [0.15, 0.2) is 24.3 Å². The molecule has 2 N–H and O–H groups in total. The number of rotatable bonds is 6. The van der Waals surface area contributed by atoms with Crippen molar-refractivity contribution < 1.29 is 9.18 Å². The number of carbonyl (C=O) groups excluding carboxylic acids is 1. The molecule has 5 heteroatoms. The number of carbonyl (C=O) groups is 1. The van der Waals surface area contributed by atoms with Crippen LogP contribution in [0.5, 0.6) is 0 Å². The number of halogens is 1. The normalized spacial score (nSPS) is 22.0. The second kappa shape index (κ2) is 7.88. The summed E-state index contributed by atoms with van der Waals surface area (Å²) in [5.74, 6) is -0.113. The Morgan fingerprint density at radius 3 is 2.70 bits per heavy atom. The van der Waals surface area contributed by atoms with Gasteiger partial charge in [0.1, 0.15) is 5.82 Å². The van der Waals surface area contributed by atoms with Crippen LogP contribution in [0.3, 0.4) is 0 Å². The highest BCUT2D eigenvalue weighted by atomic mass is 19.1. The van der Waals surface area contributed by atoms with E-state index in [9.17, 15) is 9.18 Å². The molecular weight excluding hydrogens is 293 g/mol. The Morgan fingerprint density at radius 1 is 1.35 bits per heavy atom. The summed E-state index contributed by atoms with van der Waals surface area (Å²) in [5.41, 5.74) is 0.927. The molecule has 0 bridgehead atoms. The second-order valence-electron chi connectivity index (χ2n) is 6.91. The van der Waals surface area contributed by atoms with Gasteiger partial charge in [-0.05, 0) is 51.8 Å². The molecule has 128 valence electrons. The summed E-state index contributed by atoms with van der Waals surface area (Å²) in [6.45, 7) is 9.64. The molecule has 0 saturated carbocycles. The Bertz CT molecular complexity index is 533. The fourth-order valence-corrected chi connectivity index (χ4v) is 3.13. The average molecular weight is 321 g/mol. The fourth-order valence-electron chi connectivity index (χ4n) is 3.13. The topological polar surface area (TPSA) is 44.4 Å². The number of amides is 1. The van der Waals surface area contributed by atoms with Gasteiger partial charge < -0.3 is 10.6 Å². The molecule has 1 saturated heterocycles. The van der Waals surface area contributed by atoms with Gasteiger partial charge in [-0.25, -0.2) is 4.39 Å². The molecule has 0 aliphatic carbocycles. The molecule has 0 spiro atoms. The van der Waals surface area contributed by atoms with Gasteiger partial charge in [0.25, 0.3) is 0 Å². The summed E-state index contributed by atoms with van der Waals surface area (Å²) in [4.78, 5) is 14.6. The molecule has 1 amide bonds. The van der Waals surface area contributed by atoms with Gasteiger partial charge in [-0.1, -0.05) is 12.1 Å². The third kappa shape index (κ3) is 5.01. The van der Waals surface area contributed by atoms with E-state index in [1.165, 1.54) is 6.07 Å². The Morgan fingerprint density at radius 2 is 2.09 bits per heavy atom. The zero-order valence-corrected chi connectivity index (χ0v) is 14.5. The van der Waals surface area contributed by atoms with E-state index in [1.807, 2.05) is 19.9 Å². The van der Waals surface area contributed by atoms with Gasteiger partial charge in [0.2, 0.25) is 5.91 Å². The largest absolute Gasteiger partial charge is 0.353 e. The zero-order valence-electron chi connectivity index (χ0n) is 14.5. The summed E-state index contributed by atoms with van der Waals surface area (Å²) in [6.07, 6.45) is 0.784. The number of benzene rings is 1. The number of hydrogen-bond donors (Lipinski definition) is 2. The number of nitrogens with zero attached hydrogens (tertiary/aromatic N) is 1. The van der Waals surface area contributed by atoms with E-state index in [0.717, 1.165) is 18.5 Å². The highest BCUT2D eigenvalue weighted by Crippen LogP contribution is 2.21. The summed E-state index contributed by atoms with van der Waals surface area (Å²) < 4.78 is 13.2. The van der Waals surface area contributed by atoms with E-state index in [-0.39, 0.29) is 29.8 Å². The maximum absolute atomic E-state index is 13.2. The Balaban J connectivity index is 1.95. The van der Waals surface area contributed by atoms with Crippen LogP contribution in [0.1, 0.15) is 39.7 Å². The van der Waals surface area contributed by atoms with Crippen LogP contribution in [0.25, 0.3) is 0 Å². The van der Waals surface area contributed by atoms with Crippen LogP contribution in [0, 0.1) is 5.82 Å². The van der Waals surface area contributed by atoms with E-state index in [0.29, 0.717) is 12.6 Å². The van der Waals surface area contributed by atoms with Gasteiger partial charge in [-0.15, -0.1) is 0 Å². The standard InChI is InChI=1S/C18H28FN3O/c1-12(2)21-18(23)17-9-16(11-22(17)13(3)4)20-10-14-6-5-7-15(19)8-14/h5-8,12-13,16-17,20H,9-11H2,1-4H3,(H,21,23)/t16-,17+/m1/s1. The minimum atomic E-state index is -0.214. The first-order valence-corrected chi connectivity index (χ1v) is 8.40. The smallest absolute Gasteiger partial charge is 0.237 e. The molecule has 1 aliphatic heterocycles. The van der Waals surface area contributed by atoms with Gasteiger partial charge in [-0.2, -0.15) is 0 Å². The van der Waals surface area contributed by atoms with Crippen molar-refractivity contribution in [2.75, 3.05) is 6.54 Å². The lowest BCUT2D eigenvalue weighted by Crippen LogP contribution is -2.47. The van der Waals surface area contributed by atoms with Crippen LogP contribution < -0.4 is 10.6 Å². The van der Waals surface area contributed by atoms with E-state index in [4.69, 9.17) is 0 Å². The van der Waals surface area contributed by atoms with Gasteiger partial charge in [0.05, 0.1) is 6.04 Å². The second-order valence-corrected chi connectivity index (χ2v) is 6.91. The molecule has 2 rings (SSSR count). The van der Waals surface area contributed by atoms with Gasteiger partial charge in [0, 0.05) is 31.2 Å². The lowest BCUT2D eigenvalue weighted by atomic mass is 10.1. The van der Waals surface area contributed by atoms with Crippen LogP contribution in [-0.2, 0) is 11.3 Å². The van der Waals surface area contributed by atoms with Crippen LogP contribution in [-0.4, -0.2) is 41.5 Å². The Kier molecular flexibility index (Phi) is 6.13. The quantitative estimate of drug-likeness (QED) is 0.845.